The van der Waals surface area contributed by atoms with Gasteiger partial charge in [0, 0.05) is 22.2 Å². The number of hydrogen-bond acceptors (Lipinski definition) is 5. The molecule has 0 aliphatic heterocycles. The van der Waals surface area contributed by atoms with Crippen LogP contribution < -0.4 is 5.63 Å². The fourth-order valence-corrected chi connectivity index (χ4v) is 2.25. The summed E-state index contributed by atoms with van der Waals surface area (Å²) in [4.78, 5) is 26.4. The summed E-state index contributed by atoms with van der Waals surface area (Å²) < 4.78 is 5.93. The zero-order valence-corrected chi connectivity index (χ0v) is 12.0. The van der Waals surface area contributed by atoms with Crippen molar-refractivity contribution in [1.82, 2.24) is 4.98 Å². The Morgan fingerprint density at radius 2 is 1.86 bits per heavy atom. The van der Waals surface area contributed by atoms with Crippen LogP contribution >= 0.6 is 15.9 Å². The van der Waals surface area contributed by atoms with Crippen molar-refractivity contribution in [3.63, 3.8) is 0 Å². The van der Waals surface area contributed by atoms with Crippen LogP contribution in [-0.2, 0) is 0 Å². The van der Waals surface area contributed by atoms with Gasteiger partial charge in [-0.1, -0.05) is 15.9 Å². The van der Waals surface area contributed by atoms with E-state index in [1.165, 1.54) is 24.3 Å². The predicted molar refractivity (Wildman–Crippen MR) is 80.1 cm³/mol. The highest BCUT2D eigenvalue weighted by Crippen LogP contribution is 2.22. The first-order chi connectivity index (χ1) is 10.0. The van der Waals surface area contributed by atoms with Crippen molar-refractivity contribution in [3.8, 4) is 11.5 Å². The van der Waals surface area contributed by atoms with E-state index in [4.69, 9.17) is 4.42 Å². The van der Waals surface area contributed by atoms with Gasteiger partial charge in [0.05, 0.1) is 15.8 Å². The molecule has 1 heterocycles. The molecule has 0 radical (unpaired) electrons. The molecule has 0 aliphatic rings. The van der Waals surface area contributed by atoms with Gasteiger partial charge in [-0.05, 0) is 30.3 Å². The first kappa shape index (κ1) is 13.4. The molecule has 0 saturated heterocycles. The summed E-state index contributed by atoms with van der Waals surface area (Å²) in [6, 6.07) is 10.8. The fraction of sp³-hybridized carbons (Fsp3) is 0. The Morgan fingerprint density at radius 1 is 1.14 bits per heavy atom. The molecule has 0 N–H and O–H groups in total. The quantitative estimate of drug-likeness (QED) is 0.523. The summed E-state index contributed by atoms with van der Waals surface area (Å²) in [5, 5.41) is 11.0. The van der Waals surface area contributed by atoms with Crippen molar-refractivity contribution in [3.05, 3.63) is 67.5 Å². The van der Waals surface area contributed by atoms with Gasteiger partial charge in [-0.15, -0.1) is 0 Å². The molecular weight excluding hydrogens is 340 g/mol. The second-order valence-electron chi connectivity index (χ2n) is 4.27. The summed E-state index contributed by atoms with van der Waals surface area (Å²) in [6.07, 6.45) is 0. The van der Waals surface area contributed by atoms with Crippen LogP contribution in [-0.4, -0.2) is 9.91 Å². The third-order valence-corrected chi connectivity index (χ3v) is 3.41. The minimum absolute atomic E-state index is 0.0363. The summed E-state index contributed by atoms with van der Waals surface area (Å²) in [5.74, 6) is 0.129. The number of non-ortho nitro benzene ring substituents is 1. The van der Waals surface area contributed by atoms with Crippen molar-refractivity contribution in [2.24, 2.45) is 0 Å². The Labute approximate surface area is 126 Å². The predicted octanol–water partition coefficient (Wildman–Crippen LogP) is 3.53. The second kappa shape index (κ2) is 5.10. The third-order valence-electron chi connectivity index (χ3n) is 2.91. The van der Waals surface area contributed by atoms with E-state index in [1.807, 2.05) is 0 Å². The maximum atomic E-state index is 12.0. The van der Waals surface area contributed by atoms with E-state index in [0.29, 0.717) is 16.5 Å². The molecule has 0 aliphatic carbocycles. The van der Waals surface area contributed by atoms with Gasteiger partial charge in [0.1, 0.15) is 0 Å². The van der Waals surface area contributed by atoms with E-state index in [-0.39, 0.29) is 11.6 Å². The summed E-state index contributed by atoms with van der Waals surface area (Å²) >= 11 is 3.28. The maximum Gasteiger partial charge on any atom is 0.347 e. The van der Waals surface area contributed by atoms with Crippen molar-refractivity contribution in [2.45, 2.75) is 0 Å². The molecule has 7 heteroatoms. The molecule has 0 spiro atoms. The molecule has 0 atom stereocenters. The Kier molecular flexibility index (Phi) is 3.26. The zero-order chi connectivity index (χ0) is 15.0. The van der Waals surface area contributed by atoms with Crippen LogP contribution in [0.5, 0.6) is 0 Å². The molecule has 104 valence electrons. The van der Waals surface area contributed by atoms with E-state index >= 15 is 0 Å². The van der Waals surface area contributed by atoms with Crippen LogP contribution in [0.2, 0.25) is 0 Å². The third kappa shape index (κ3) is 2.55. The topological polar surface area (TPSA) is 86.2 Å². The maximum absolute atomic E-state index is 12.0. The van der Waals surface area contributed by atoms with Crippen LogP contribution in [0.25, 0.3) is 22.4 Å². The molecule has 0 saturated carbocycles. The molecule has 3 rings (SSSR count). The van der Waals surface area contributed by atoms with Gasteiger partial charge in [0.15, 0.2) is 0 Å². The van der Waals surface area contributed by atoms with Crippen molar-refractivity contribution < 1.29 is 9.34 Å². The molecule has 1 aromatic heterocycles. The van der Waals surface area contributed by atoms with Gasteiger partial charge >= 0.3 is 5.63 Å². The first-order valence-corrected chi connectivity index (χ1v) is 6.69. The van der Waals surface area contributed by atoms with Crippen molar-refractivity contribution in [1.29, 1.82) is 0 Å². The number of benzene rings is 2. The van der Waals surface area contributed by atoms with Gasteiger partial charge < -0.3 is 4.42 Å². The number of hydrogen-bond donors (Lipinski definition) is 0. The molecule has 21 heavy (non-hydrogen) atoms. The Hall–Kier alpha value is -2.54. The van der Waals surface area contributed by atoms with Crippen LogP contribution in [0, 0.1) is 10.1 Å². The molecule has 2 aromatic carbocycles. The fourth-order valence-electron chi connectivity index (χ4n) is 1.89. The van der Waals surface area contributed by atoms with Gasteiger partial charge in [0.25, 0.3) is 5.69 Å². The van der Waals surface area contributed by atoms with Gasteiger partial charge in [-0.2, -0.15) is 0 Å². The van der Waals surface area contributed by atoms with E-state index in [2.05, 4.69) is 20.9 Å². The number of rotatable bonds is 2. The number of halogens is 1. The largest absolute Gasteiger partial charge is 0.403 e. The lowest BCUT2D eigenvalue weighted by atomic mass is 10.2. The SMILES string of the molecule is O=c1oc(-c2ccc([N+](=O)[O-])cc2)nc2ccc(Br)cc12. The van der Waals surface area contributed by atoms with Crippen LogP contribution in [0.3, 0.4) is 0 Å². The molecule has 0 amide bonds. The minimum atomic E-state index is -0.505. The number of aromatic nitrogens is 1. The monoisotopic (exact) mass is 346 g/mol. The highest BCUT2D eigenvalue weighted by molar-refractivity contribution is 9.10. The molecule has 0 fully saturated rings. The van der Waals surface area contributed by atoms with E-state index in [9.17, 15) is 14.9 Å². The highest BCUT2D eigenvalue weighted by Gasteiger charge is 2.11. The molecular formula is C14H7BrN2O4. The molecule has 0 unspecified atom stereocenters. The number of nitrogens with zero attached hydrogens (tertiary/aromatic N) is 2. The molecule has 3 aromatic rings. The Bertz CT molecular complexity index is 903. The van der Waals surface area contributed by atoms with Crippen LogP contribution in [0.4, 0.5) is 5.69 Å². The average Bonchev–Trinajstić information content (AvgIpc) is 2.48. The normalized spacial score (nSPS) is 10.7. The van der Waals surface area contributed by atoms with E-state index in [1.54, 1.807) is 18.2 Å². The van der Waals surface area contributed by atoms with Gasteiger partial charge in [-0.3, -0.25) is 10.1 Å². The minimum Gasteiger partial charge on any atom is -0.403 e. The molecule has 0 bridgehead atoms. The van der Waals surface area contributed by atoms with E-state index < -0.39 is 10.5 Å². The van der Waals surface area contributed by atoms with E-state index in [0.717, 1.165) is 4.47 Å². The van der Waals surface area contributed by atoms with Crippen molar-refractivity contribution >= 4 is 32.5 Å². The van der Waals surface area contributed by atoms with Gasteiger partial charge in [0.2, 0.25) is 5.89 Å². The first-order valence-electron chi connectivity index (χ1n) is 5.90. The van der Waals surface area contributed by atoms with Gasteiger partial charge in [-0.25, -0.2) is 9.78 Å². The Morgan fingerprint density at radius 3 is 2.52 bits per heavy atom. The summed E-state index contributed by atoms with van der Waals surface area (Å²) in [6.45, 7) is 0. The summed E-state index contributed by atoms with van der Waals surface area (Å²) in [7, 11) is 0. The lowest BCUT2D eigenvalue weighted by Crippen LogP contribution is -2.02. The standard InChI is InChI=1S/C14H7BrN2O4/c15-9-3-6-12-11(7-9)14(18)21-13(16-12)8-1-4-10(5-2-8)17(19)20/h1-7H. The summed E-state index contributed by atoms with van der Waals surface area (Å²) in [5.41, 5.74) is 0.464. The average molecular weight is 347 g/mol. The zero-order valence-electron chi connectivity index (χ0n) is 10.4. The van der Waals surface area contributed by atoms with Crippen LogP contribution in [0.1, 0.15) is 0 Å². The molecule has 6 nitrogen and oxygen atoms in total. The number of fused-ring (bicyclic) bond motifs is 1. The Balaban J connectivity index is 2.14. The highest BCUT2D eigenvalue weighted by atomic mass is 79.9. The number of nitro groups is 1. The number of nitro benzene ring substituents is 1. The smallest absolute Gasteiger partial charge is 0.347 e. The second-order valence-corrected chi connectivity index (χ2v) is 5.19. The van der Waals surface area contributed by atoms with Crippen molar-refractivity contribution in [2.75, 3.05) is 0 Å². The lowest BCUT2D eigenvalue weighted by molar-refractivity contribution is -0.384. The van der Waals surface area contributed by atoms with Crippen LogP contribution in [0.15, 0.2) is 56.1 Å². The lowest BCUT2D eigenvalue weighted by Gasteiger charge is -2.02.